The Balaban J connectivity index is 1.75. The summed E-state index contributed by atoms with van der Waals surface area (Å²) in [6.45, 7) is 8.62. The molecule has 1 saturated heterocycles. The lowest BCUT2D eigenvalue weighted by molar-refractivity contribution is 0.0813. The van der Waals surface area contributed by atoms with Gasteiger partial charge >= 0.3 is 0 Å². The molecule has 0 N–H and O–H groups in total. The van der Waals surface area contributed by atoms with Crippen molar-refractivity contribution in [3.05, 3.63) is 29.7 Å². The molecule has 2 heterocycles. The zero-order valence-corrected chi connectivity index (χ0v) is 13.7. The third-order valence-electron chi connectivity index (χ3n) is 3.68. The summed E-state index contributed by atoms with van der Waals surface area (Å²) in [6, 6.07) is 4.36. The van der Waals surface area contributed by atoms with Crippen molar-refractivity contribution in [2.24, 2.45) is 0 Å². The predicted octanol–water partition coefficient (Wildman–Crippen LogP) is 3.56. The molecule has 0 radical (unpaired) electrons. The number of halogens is 1. The Morgan fingerprint density at radius 3 is 2.86 bits per heavy atom. The molecule has 1 aliphatic rings. The lowest BCUT2D eigenvalue weighted by atomic mass is 10.1. The van der Waals surface area contributed by atoms with Crippen LogP contribution >= 0.6 is 0 Å². The zero-order valence-electron chi connectivity index (χ0n) is 12.7. The molecule has 21 heavy (non-hydrogen) atoms. The fourth-order valence-corrected chi connectivity index (χ4v) is 3.07. The summed E-state index contributed by atoms with van der Waals surface area (Å²) >= 11 is 0. The van der Waals surface area contributed by atoms with E-state index in [-0.39, 0.29) is 11.9 Å². The number of ether oxygens (including phenoxy) is 2. The molecular weight excluding hydrogens is 287 g/mol. The Bertz CT molecular complexity index is 647. The molecule has 0 bridgehead atoms. The summed E-state index contributed by atoms with van der Waals surface area (Å²) in [4.78, 5) is 0. The molecule has 4 nitrogen and oxygen atoms in total. The summed E-state index contributed by atoms with van der Waals surface area (Å²) in [5.41, 5.74) is 1.52. The van der Waals surface area contributed by atoms with Crippen LogP contribution in [-0.4, -0.2) is 31.1 Å². The first-order valence-electron chi connectivity index (χ1n) is 7.29. The van der Waals surface area contributed by atoms with Crippen molar-refractivity contribution in [1.29, 1.82) is 0 Å². The van der Waals surface area contributed by atoms with Gasteiger partial charge in [-0.05, 0) is 17.7 Å². The van der Waals surface area contributed by atoms with E-state index in [4.69, 9.17) is 9.47 Å². The van der Waals surface area contributed by atoms with E-state index in [1.165, 1.54) is 6.07 Å². The first-order valence-corrected chi connectivity index (χ1v) is 11.0. The molecule has 0 aliphatic carbocycles. The summed E-state index contributed by atoms with van der Waals surface area (Å²) < 4.78 is 26.7. The fraction of sp³-hybridized carbons (Fsp3) is 0.533. The molecule has 2 aromatic rings. The SMILES string of the molecule is C[Si](C)(C)CCOCn1ncc2c(C3CO3)ccc(F)c21. The van der Waals surface area contributed by atoms with E-state index in [0.29, 0.717) is 25.5 Å². The van der Waals surface area contributed by atoms with Gasteiger partial charge in [0.05, 0.1) is 12.8 Å². The van der Waals surface area contributed by atoms with Gasteiger partial charge in [0, 0.05) is 20.1 Å². The van der Waals surface area contributed by atoms with Crippen LogP contribution in [-0.2, 0) is 16.2 Å². The molecule has 0 spiro atoms. The number of epoxide rings is 1. The molecule has 3 rings (SSSR count). The zero-order chi connectivity index (χ0) is 15.0. The molecular formula is C15H21FN2O2Si. The second-order valence-electron chi connectivity index (χ2n) is 6.71. The van der Waals surface area contributed by atoms with Crippen LogP contribution in [0.2, 0.25) is 25.7 Å². The average molecular weight is 308 g/mol. The topological polar surface area (TPSA) is 39.6 Å². The van der Waals surface area contributed by atoms with Gasteiger partial charge in [-0.25, -0.2) is 9.07 Å². The first kappa shape index (κ1) is 14.7. The fourth-order valence-electron chi connectivity index (χ4n) is 2.32. The highest BCUT2D eigenvalue weighted by atomic mass is 28.3. The van der Waals surface area contributed by atoms with Gasteiger partial charge < -0.3 is 9.47 Å². The van der Waals surface area contributed by atoms with Crippen LogP contribution in [0.3, 0.4) is 0 Å². The van der Waals surface area contributed by atoms with Crippen molar-refractivity contribution in [1.82, 2.24) is 9.78 Å². The van der Waals surface area contributed by atoms with Crippen molar-refractivity contribution in [2.45, 2.75) is 38.5 Å². The number of fused-ring (bicyclic) bond motifs is 1. The van der Waals surface area contributed by atoms with Crippen molar-refractivity contribution < 1.29 is 13.9 Å². The minimum atomic E-state index is -1.10. The number of hydrogen-bond acceptors (Lipinski definition) is 3. The molecule has 0 amide bonds. The van der Waals surface area contributed by atoms with Crippen LogP contribution in [0.15, 0.2) is 18.3 Å². The monoisotopic (exact) mass is 308 g/mol. The predicted molar refractivity (Wildman–Crippen MR) is 82.5 cm³/mol. The third kappa shape index (κ3) is 3.33. The van der Waals surface area contributed by atoms with Crippen LogP contribution in [0.5, 0.6) is 0 Å². The molecule has 1 atom stereocenters. The number of rotatable bonds is 6. The van der Waals surface area contributed by atoms with Crippen molar-refractivity contribution >= 4 is 19.0 Å². The quantitative estimate of drug-likeness (QED) is 0.465. The van der Waals surface area contributed by atoms with Crippen LogP contribution in [0.1, 0.15) is 11.7 Å². The van der Waals surface area contributed by atoms with Gasteiger partial charge in [0.2, 0.25) is 0 Å². The molecule has 1 aromatic carbocycles. The van der Waals surface area contributed by atoms with Gasteiger partial charge in [-0.2, -0.15) is 5.10 Å². The largest absolute Gasteiger partial charge is 0.368 e. The third-order valence-corrected chi connectivity index (χ3v) is 5.38. The Kier molecular flexibility index (Phi) is 3.85. The standard InChI is InChI=1S/C15H21FN2O2Si/c1-21(2,3)7-6-19-10-18-15-12(8-17-18)11(14-9-20-14)4-5-13(15)16/h4-5,8,14H,6-7,9-10H2,1-3H3. The first-order chi connectivity index (χ1) is 9.96. The lowest BCUT2D eigenvalue weighted by Gasteiger charge is -2.15. The minimum Gasteiger partial charge on any atom is -0.368 e. The normalized spacial score (nSPS) is 18.4. The van der Waals surface area contributed by atoms with E-state index in [0.717, 1.165) is 17.0 Å². The summed E-state index contributed by atoms with van der Waals surface area (Å²) in [5, 5.41) is 5.09. The van der Waals surface area contributed by atoms with E-state index in [1.807, 2.05) is 0 Å². The molecule has 1 unspecified atom stereocenters. The Morgan fingerprint density at radius 2 is 2.19 bits per heavy atom. The minimum absolute atomic E-state index is 0.0959. The smallest absolute Gasteiger partial charge is 0.149 e. The number of aromatic nitrogens is 2. The molecule has 1 fully saturated rings. The van der Waals surface area contributed by atoms with Gasteiger partial charge in [-0.15, -0.1) is 0 Å². The van der Waals surface area contributed by atoms with Crippen molar-refractivity contribution in [3.8, 4) is 0 Å². The molecule has 1 aliphatic heterocycles. The maximum atomic E-state index is 14.1. The summed E-state index contributed by atoms with van der Waals surface area (Å²) in [5.74, 6) is -0.263. The van der Waals surface area contributed by atoms with E-state index in [2.05, 4.69) is 24.7 Å². The van der Waals surface area contributed by atoms with Gasteiger partial charge in [0.1, 0.15) is 24.2 Å². The molecule has 6 heteroatoms. The van der Waals surface area contributed by atoms with E-state index in [9.17, 15) is 4.39 Å². The van der Waals surface area contributed by atoms with Crippen LogP contribution in [0.25, 0.3) is 10.9 Å². The molecule has 114 valence electrons. The van der Waals surface area contributed by atoms with Gasteiger partial charge in [0.25, 0.3) is 0 Å². The highest BCUT2D eigenvalue weighted by Crippen LogP contribution is 2.35. The van der Waals surface area contributed by atoms with E-state index >= 15 is 0 Å². The van der Waals surface area contributed by atoms with E-state index < -0.39 is 8.07 Å². The Morgan fingerprint density at radius 1 is 1.43 bits per heavy atom. The van der Waals surface area contributed by atoms with Gasteiger partial charge in [-0.3, -0.25) is 0 Å². The molecule has 0 saturated carbocycles. The maximum Gasteiger partial charge on any atom is 0.149 e. The van der Waals surface area contributed by atoms with Crippen molar-refractivity contribution in [2.75, 3.05) is 13.2 Å². The van der Waals surface area contributed by atoms with Crippen LogP contribution in [0.4, 0.5) is 4.39 Å². The van der Waals surface area contributed by atoms with E-state index in [1.54, 1.807) is 16.9 Å². The Hall–Kier alpha value is -1.24. The second kappa shape index (κ2) is 5.51. The van der Waals surface area contributed by atoms with Gasteiger partial charge in [-0.1, -0.05) is 25.7 Å². The van der Waals surface area contributed by atoms with Crippen molar-refractivity contribution in [3.63, 3.8) is 0 Å². The lowest BCUT2D eigenvalue weighted by Crippen LogP contribution is -2.22. The Labute approximate surface area is 124 Å². The number of benzene rings is 1. The number of hydrogen-bond donors (Lipinski definition) is 0. The second-order valence-corrected chi connectivity index (χ2v) is 12.3. The average Bonchev–Trinajstić information content (AvgIpc) is 3.14. The van der Waals surface area contributed by atoms with Gasteiger partial charge in [0.15, 0.2) is 0 Å². The highest BCUT2D eigenvalue weighted by Gasteiger charge is 2.28. The maximum absolute atomic E-state index is 14.1. The highest BCUT2D eigenvalue weighted by molar-refractivity contribution is 6.76. The summed E-state index contributed by atoms with van der Waals surface area (Å²) in [6.07, 6.45) is 1.80. The summed E-state index contributed by atoms with van der Waals surface area (Å²) in [7, 11) is -1.10. The van der Waals surface area contributed by atoms with Crippen LogP contribution < -0.4 is 0 Å². The molecule has 1 aromatic heterocycles. The van der Waals surface area contributed by atoms with Crippen LogP contribution in [0, 0.1) is 5.82 Å². The number of nitrogens with zero attached hydrogens (tertiary/aromatic N) is 2.